The van der Waals surface area contributed by atoms with E-state index < -0.39 is 11.4 Å². The molecule has 1 unspecified atom stereocenters. The normalized spacial score (nSPS) is 54.2. The summed E-state index contributed by atoms with van der Waals surface area (Å²) >= 11 is 0. The number of aliphatic hydroxyl groups is 1. The van der Waals surface area contributed by atoms with E-state index in [9.17, 15) is 5.11 Å². The number of ether oxygens (including phenoxy) is 3. The van der Waals surface area contributed by atoms with Crippen LogP contribution in [0.2, 0.25) is 0 Å². The van der Waals surface area contributed by atoms with E-state index in [2.05, 4.69) is 60.6 Å². The zero-order chi connectivity index (χ0) is 23.6. The van der Waals surface area contributed by atoms with Crippen LogP contribution in [-0.4, -0.2) is 34.5 Å². The molecule has 3 aliphatic carbocycles. The first-order valence-electron chi connectivity index (χ1n) is 13.6. The van der Waals surface area contributed by atoms with E-state index in [4.69, 9.17) is 14.2 Å². The minimum atomic E-state index is -0.707. The average Bonchev–Trinajstić information content (AvgIpc) is 3.28. The van der Waals surface area contributed by atoms with Gasteiger partial charge in [0.05, 0.1) is 11.5 Å². The van der Waals surface area contributed by atoms with Gasteiger partial charge in [0.2, 0.25) is 0 Å². The van der Waals surface area contributed by atoms with Gasteiger partial charge in [-0.1, -0.05) is 59.3 Å². The fourth-order valence-electron chi connectivity index (χ4n) is 9.04. The van der Waals surface area contributed by atoms with Crippen molar-refractivity contribution >= 4 is 0 Å². The lowest BCUT2D eigenvalue weighted by atomic mass is 9.49. The SMILES string of the molecule is CC(C)[C@@H](C)/C=C/[C@@H](C)[C@H]1CCC2=C3[C@@]4(C)O[C@@]56C[C@@H](O)CC[C@]5(C)[C@]3(CC[C@@]21C)OC4O6. The van der Waals surface area contributed by atoms with Crippen molar-refractivity contribution in [3.63, 3.8) is 0 Å². The van der Waals surface area contributed by atoms with Gasteiger partial charge in [-0.15, -0.1) is 0 Å². The molecule has 4 aliphatic heterocycles. The fourth-order valence-corrected chi connectivity index (χ4v) is 9.04. The number of hydrogen-bond acceptors (Lipinski definition) is 4. The molecule has 0 aromatic rings. The zero-order valence-corrected chi connectivity index (χ0v) is 21.7. The van der Waals surface area contributed by atoms with Crippen molar-refractivity contribution in [3.05, 3.63) is 23.3 Å². The number of hydrogen-bond donors (Lipinski definition) is 1. The molecular formula is C29H44O4. The predicted molar refractivity (Wildman–Crippen MR) is 128 cm³/mol. The van der Waals surface area contributed by atoms with E-state index in [0.29, 0.717) is 30.1 Å². The number of aliphatic hydroxyl groups excluding tert-OH is 1. The summed E-state index contributed by atoms with van der Waals surface area (Å²) in [7, 11) is 0. The van der Waals surface area contributed by atoms with Crippen LogP contribution < -0.4 is 0 Å². The highest BCUT2D eigenvalue weighted by molar-refractivity contribution is 5.51. The van der Waals surface area contributed by atoms with Crippen molar-refractivity contribution in [2.75, 3.05) is 0 Å². The summed E-state index contributed by atoms with van der Waals surface area (Å²) in [6.07, 6.45) is 11.1. The van der Waals surface area contributed by atoms with Crippen LogP contribution in [0.25, 0.3) is 0 Å². The first-order chi connectivity index (χ1) is 15.4. The van der Waals surface area contributed by atoms with Crippen LogP contribution in [0, 0.1) is 34.5 Å². The van der Waals surface area contributed by atoms with Gasteiger partial charge in [0.1, 0.15) is 11.2 Å². The summed E-state index contributed by atoms with van der Waals surface area (Å²) in [4.78, 5) is 0. The standard InChI is InChI=1S/C29H44O4/c1-17(2)18(3)8-9-19(4)21-10-11-22-23-27(7)24-31-28(23,15-14-25(21,22)5)26(6)13-12-20(30)16-29(26,32-24)33-27/h8-9,17-21,24,30H,10-16H2,1-7H3/b9-8+/t18-,19+,20-,21+,24?,25+,26+,27+,28+,29-/m0/s1. The minimum Gasteiger partial charge on any atom is -0.393 e. The van der Waals surface area contributed by atoms with Crippen molar-refractivity contribution in [2.45, 2.75) is 123 Å². The van der Waals surface area contributed by atoms with Gasteiger partial charge in [-0.3, -0.25) is 0 Å². The number of fused-ring (bicyclic) bond motifs is 1. The van der Waals surface area contributed by atoms with E-state index in [-0.39, 0.29) is 28.8 Å². The molecule has 6 fully saturated rings. The Morgan fingerprint density at radius 3 is 2.45 bits per heavy atom. The maximum absolute atomic E-state index is 10.5. The molecule has 4 nitrogen and oxygen atoms in total. The highest BCUT2D eigenvalue weighted by Gasteiger charge is 2.85. The van der Waals surface area contributed by atoms with E-state index in [1.165, 1.54) is 18.4 Å². The summed E-state index contributed by atoms with van der Waals surface area (Å²) in [5.41, 5.74) is 2.20. The Kier molecular flexibility index (Phi) is 4.65. The van der Waals surface area contributed by atoms with Crippen molar-refractivity contribution in [1.29, 1.82) is 0 Å². The predicted octanol–water partition coefficient (Wildman–Crippen LogP) is 6.14. The summed E-state index contributed by atoms with van der Waals surface area (Å²) in [5, 5.41) is 10.5. The monoisotopic (exact) mass is 456 g/mol. The van der Waals surface area contributed by atoms with Crippen molar-refractivity contribution in [2.24, 2.45) is 34.5 Å². The Morgan fingerprint density at radius 1 is 0.970 bits per heavy atom. The number of rotatable bonds is 4. The summed E-state index contributed by atoms with van der Waals surface area (Å²) in [5.74, 6) is 1.81. The van der Waals surface area contributed by atoms with Gasteiger partial charge in [0.15, 0.2) is 12.1 Å². The Balaban J connectivity index is 1.42. The molecule has 7 rings (SSSR count). The Hall–Kier alpha value is -0.680. The lowest BCUT2D eigenvalue weighted by Crippen LogP contribution is -2.71. The smallest absolute Gasteiger partial charge is 0.194 e. The molecule has 10 atom stereocenters. The maximum Gasteiger partial charge on any atom is 0.194 e. The fraction of sp³-hybridized carbons (Fsp3) is 0.862. The van der Waals surface area contributed by atoms with E-state index in [0.717, 1.165) is 25.7 Å². The number of allylic oxidation sites excluding steroid dienone is 3. The molecule has 0 aromatic heterocycles. The lowest BCUT2D eigenvalue weighted by Gasteiger charge is -2.65. The van der Waals surface area contributed by atoms with Crippen LogP contribution in [0.3, 0.4) is 0 Å². The maximum atomic E-state index is 10.5. The molecule has 1 N–H and O–H groups in total. The van der Waals surface area contributed by atoms with Crippen LogP contribution in [0.1, 0.15) is 93.4 Å². The molecule has 4 heteroatoms. The van der Waals surface area contributed by atoms with E-state index >= 15 is 0 Å². The average molecular weight is 457 g/mol. The third-order valence-electron chi connectivity index (χ3n) is 11.5. The second kappa shape index (κ2) is 6.75. The molecule has 2 spiro atoms. The molecule has 4 bridgehead atoms. The topological polar surface area (TPSA) is 47.9 Å². The van der Waals surface area contributed by atoms with Crippen LogP contribution in [-0.2, 0) is 14.2 Å². The zero-order valence-electron chi connectivity index (χ0n) is 21.7. The van der Waals surface area contributed by atoms with E-state index in [1.54, 1.807) is 5.57 Å². The summed E-state index contributed by atoms with van der Waals surface area (Å²) in [6, 6.07) is 0. The molecule has 4 saturated heterocycles. The molecule has 33 heavy (non-hydrogen) atoms. The summed E-state index contributed by atoms with van der Waals surface area (Å²) < 4.78 is 20.4. The van der Waals surface area contributed by atoms with Gasteiger partial charge in [-0.25, -0.2) is 0 Å². The largest absolute Gasteiger partial charge is 0.393 e. The van der Waals surface area contributed by atoms with Crippen LogP contribution in [0.15, 0.2) is 23.3 Å². The van der Waals surface area contributed by atoms with Crippen molar-refractivity contribution in [1.82, 2.24) is 0 Å². The Labute approximate surface area is 200 Å². The molecule has 184 valence electrons. The van der Waals surface area contributed by atoms with Crippen molar-refractivity contribution < 1.29 is 19.3 Å². The quantitative estimate of drug-likeness (QED) is 0.516. The molecule has 7 aliphatic rings. The first-order valence-corrected chi connectivity index (χ1v) is 13.6. The summed E-state index contributed by atoms with van der Waals surface area (Å²) in [6.45, 7) is 16.5. The molecule has 0 aromatic carbocycles. The van der Waals surface area contributed by atoms with Gasteiger partial charge < -0.3 is 19.3 Å². The lowest BCUT2D eigenvalue weighted by molar-refractivity contribution is -0.393. The minimum absolute atomic E-state index is 0.196. The molecule has 2 saturated carbocycles. The first kappa shape index (κ1) is 22.8. The van der Waals surface area contributed by atoms with Crippen LogP contribution >= 0.6 is 0 Å². The Bertz CT molecular complexity index is 923. The van der Waals surface area contributed by atoms with Gasteiger partial charge >= 0.3 is 0 Å². The molecule has 0 amide bonds. The van der Waals surface area contributed by atoms with Gasteiger partial charge in [0, 0.05) is 6.42 Å². The van der Waals surface area contributed by atoms with Crippen LogP contribution in [0.5, 0.6) is 0 Å². The van der Waals surface area contributed by atoms with Gasteiger partial charge in [0.25, 0.3) is 0 Å². The van der Waals surface area contributed by atoms with Gasteiger partial charge in [-0.2, -0.15) is 0 Å². The highest BCUT2D eigenvalue weighted by atomic mass is 16.9. The third-order valence-corrected chi connectivity index (χ3v) is 11.5. The second-order valence-corrected chi connectivity index (χ2v) is 13.3. The second-order valence-electron chi connectivity index (χ2n) is 13.3. The molecule has 0 radical (unpaired) electrons. The van der Waals surface area contributed by atoms with Crippen LogP contribution in [0.4, 0.5) is 0 Å². The third kappa shape index (κ3) is 2.52. The van der Waals surface area contributed by atoms with Gasteiger partial charge in [-0.05, 0) is 80.1 Å². The molecular weight excluding hydrogens is 412 g/mol. The van der Waals surface area contributed by atoms with Crippen molar-refractivity contribution in [3.8, 4) is 0 Å². The molecule has 4 heterocycles. The Morgan fingerprint density at radius 2 is 1.73 bits per heavy atom. The highest BCUT2D eigenvalue weighted by Crippen LogP contribution is 2.78. The van der Waals surface area contributed by atoms with E-state index in [1.807, 2.05) is 0 Å².